The number of anilines is 1. The first-order valence-corrected chi connectivity index (χ1v) is 14.8. The standard InChI is InChI=1S/C31H39N3O6S/c1-22(2)19-32-31(36)24(4)33(20-25-10-8-7-9-11-25)30(35)21-34(28-18-26(39-5)14-17-29(28)40-6)41(37,38)27-15-12-23(3)13-16-27/h7-18,22,24H,19-21H2,1-6H3,(H,32,36)/t24-/m0/s1. The topological polar surface area (TPSA) is 105 Å². The van der Waals surface area contributed by atoms with Gasteiger partial charge in [0, 0.05) is 19.2 Å². The molecule has 1 N–H and O–H groups in total. The van der Waals surface area contributed by atoms with Gasteiger partial charge in [0.2, 0.25) is 11.8 Å². The molecule has 41 heavy (non-hydrogen) atoms. The van der Waals surface area contributed by atoms with Crippen molar-refractivity contribution in [2.75, 3.05) is 31.6 Å². The molecule has 3 aromatic carbocycles. The minimum absolute atomic E-state index is 0.0121. The highest BCUT2D eigenvalue weighted by Crippen LogP contribution is 2.36. The third-order valence-electron chi connectivity index (χ3n) is 6.59. The van der Waals surface area contributed by atoms with E-state index in [1.807, 2.05) is 51.1 Å². The highest BCUT2D eigenvalue weighted by molar-refractivity contribution is 7.92. The Kier molecular flexibility index (Phi) is 10.8. The zero-order valence-corrected chi connectivity index (χ0v) is 25.3. The van der Waals surface area contributed by atoms with E-state index in [1.54, 1.807) is 31.2 Å². The van der Waals surface area contributed by atoms with Crippen molar-refractivity contribution in [3.63, 3.8) is 0 Å². The maximum absolute atomic E-state index is 14.1. The van der Waals surface area contributed by atoms with Crippen LogP contribution in [0.4, 0.5) is 5.69 Å². The number of carbonyl (C=O) groups is 2. The molecule has 3 aromatic rings. The van der Waals surface area contributed by atoms with Crippen LogP contribution in [0.1, 0.15) is 31.9 Å². The second-order valence-corrected chi connectivity index (χ2v) is 12.0. The smallest absolute Gasteiger partial charge is 0.264 e. The van der Waals surface area contributed by atoms with E-state index in [0.717, 1.165) is 15.4 Å². The summed E-state index contributed by atoms with van der Waals surface area (Å²) in [7, 11) is -1.36. The van der Waals surface area contributed by atoms with Crippen molar-refractivity contribution in [2.45, 2.75) is 45.2 Å². The van der Waals surface area contributed by atoms with Gasteiger partial charge in [-0.05, 0) is 49.6 Å². The fraction of sp³-hybridized carbons (Fsp3) is 0.355. The number of benzene rings is 3. The Morgan fingerprint density at radius 3 is 2.15 bits per heavy atom. The molecule has 0 heterocycles. The molecule has 3 rings (SSSR count). The summed E-state index contributed by atoms with van der Waals surface area (Å²) in [5.41, 5.74) is 1.83. The van der Waals surface area contributed by atoms with E-state index in [0.29, 0.717) is 12.3 Å². The molecule has 0 saturated heterocycles. The van der Waals surface area contributed by atoms with Crippen molar-refractivity contribution >= 4 is 27.5 Å². The molecule has 0 aliphatic heterocycles. The number of hydrogen-bond donors (Lipinski definition) is 1. The summed E-state index contributed by atoms with van der Waals surface area (Å²) < 4.78 is 40.1. The summed E-state index contributed by atoms with van der Waals surface area (Å²) >= 11 is 0. The SMILES string of the molecule is COc1ccc(OC)c(N(CC(=O)N(Cc2ccccc2)[C@@H](C)C(=O)NCC(C)C)S(=O)(=O)c2ccc(C)cc2)c1. The minimum Gasteiger partial charge on any atom is -0.497 e. The first kappa shape index (κ1) is 31.5. The number of aryl methyl sites for hydroxylation is 1. The van der Waals surface area contributed by atoms with E-state index >= 15 is 0 Å². The van der Waals surface area contributed by atoms with Crippen LogP contribution in [0.3, 0.4) is 0 Å². The number of sulfonamides is 1. The number of nitrogens with one attached hydrogen (secondary N) is 1. The normalized spacial score (nSPS) is 12.0. The summed E-state index contributed by atoms with van der Waals surface area (Å²) in [6.45, 7) is 7.45. The van der Waals surface area contributed by atoms with E-state index in [9.17, 15) is 18.0 Å². The van der Waals surface area contributed by atoms with Gasteiger partial charge >= 0.3 is 0 Å². The van der Waals surface area contributed by atoms with Crippen LogP contribution >= 0.6 is 0 Å². The minimum atomic E-state index is -4.25. The lowest BCUT2D eigenvalue weighted by Crippen LogP contribution is -2.51. The number of rotatable bonds is 13. The largest absolute Gasteiger partial charge is 0.497 e. The molecule has 9 nitrogen and oxygen atoms in total. The van der Waals surface area contributed by atoms with E-state index < -0.39 is 28.5 Å². The van der Waals surface area contributed by atoms with E-state index in [1.165, 1.54) is 37.3 Å². The monoisotopic (exact) mass is 581 g/mol. The van der Waals surface area contributed by atoms with Crippen molar-refractivity contribution in [3.05, 3.63) is 83.9 Å². The molecule has 0 aliphatic rings. The lowest BCUT2D eigenvalue weighted by molar-refractivity contribution is -0.139. The third kappa shape index (κ3) is 8.00. The lowest BCUT2D eigenvalue weighted by atomic mass is 10.1. The Labute approximate surface area is 243 Å². The van der Waals surface area contributed by atoms with Gasteiger partial charge in [-0.1, -0.05) is 61.9 Å². The average Bonchev–Trinajstić information content (AvgIpc) is 2.97. The van der Waals surface area contributed by atoms with Crippen LogP contribution in [0.2, 0.25) is 0 Å². The predicted molar refractivity (Wildman–Crippen MR) is 160 cm³/mol. The quantitative estimate of drug-likeness (QED) is 0.321. The van der Waals surface area contributed by atoms with Gasteiger partial charge in [-0.2, -0.15) is 0 Å². The van der Waals surface area contributed by atoms with Crippen LogP contribution in [0.25, 0.3) is 0 Å². The van der Waals surface area contributed by atoms with Gasteiger partial charge in [-0.3, -0.25) is 13.9 Å². The number of amides is 2. The number of nitrogens with zero attached hydrogens (tertiary/aromatic N) is 2. The van der Waals surface area contributed by atoms with Crippen LogP contribution < -0.4 is 19.1 Å². The van der Waals surface area contributed by atoms with Gasteiger partial charge in [0.1, 0.15) is 24.1 Å². The zero-order chi connectivity index (χ0) is 30.2. The molecule has 220 valence electrons. The van der Waals surface area contributed by atoms with Gasteiger partial charge in [-0.15, -0.1) is 0 Å². The number of carbonyl (C=O) groups excluding carboxylic acids is 2. The number of hydrogen-bond acceptors (Lipinski definition) is 6. The third-order valence-corrected chi connectivity index (χ3v) is 8.36. The molecule has 0 aromatic heterocycles. The molecule has 0 fully saturated rings. The summed E-state index contributed by atoms with van der Waals surface area (Å²) in [6.07, 6.45) is 0. The van der Waals surface area contributed by atoms with Crippen LogP contribution in [-0.2, 0) is 26.2 Å². The summed E-state index contributed by atoms with van der Waals surface area (Å²) in [5.74, 6) is -0.0249. The van der Waals surface area contributed by atoms with Crippen molar-refractivity contribution in [2.24, 2.45) is 5.92 Å². The lowest BCUT2D eigenvalue weighted by Gasteiger charge is -2.32. The highest BCUT2D eigenvalue weighted by atomic mass is 32.2. The van der Waals surface area contributed by atoms with Gasteiger partial charge in [0.05, 0.1) is 24.8 Å². The van der Waals surface area contributed by atoms with Crippen molar-refractivity contribution < 1.29 is 27.5 Å². The summed E-state index contributed by atoms with van der Waals surface area (Å²) in [6, 6.07) is 19.5. The molecular weight excluding hydrogens is 542 g/mol. The van der Waals surface area contributed by atoms with Crippen molar-refractivity contribution in [1.29, 1.82) is 0 Å². The zero-order valence-electron chi connectivity index (χ0n) is 24.5. The molecule has 2 amide bonds. The van der Waals surface area contributed by atoms with Crippen molar-refractivity contribution in [3.8, 4) is 11.5 Å². The van der Waals surface area contributed by atoms with Crippen LogP contribution in [0, 0.1) is 12.8 Å². The molecule has 0 saturated carbocycles. The van der Waals surface area contributed by atoms with Gasteiger partial charge in [0.25, 0.3) is 10.0 Å². The Bertz CT molecular complexity index is 1430. The first-order valence-electron chi connectivity index (χ1n) is 13.4. The second kappa shape index (κ2) is 14.0. The molecule has 10 heteroatoms. The average molecular weight is 582 g/mol. The number of methoxy groups -OCH3 is 2. The molecule has 0 unspecified atom stereocenters. The Balaban J connectivity index is 2.09. The van der Waals surface area contributed by atoms with Gasteiger partial charge in [0.15, 0.2) is 0 Å². The predicted octanol–water partition coefficient (Wildman–Crippen LogP) is 4.40. The van der Waals surface area contributed by atoms with E-state index in [4.69, 9.17) is 9.47 Å². The number of ether oxygens (including phenoxy) is 2. The van der Waals surface area contributed by atoms with Gasteiger partial charge < -0.3 is 19.7 Å². The molecule has 0 spiro atoms. The highest BCUT2D eigenvalue weighted by Gasteiger charge is 2.34. The van der Waals surface area contributed by atoms with E-state index in [2.05, 4.69) is 5.32 Å². The molecule has 0 aliphatic carbocycles. The molecular formula is C31H39N3O6S. The first-order chi connectivity index (χ1) is 19.5. The maximum atomic E-state index is 14.1. The molecule has 0 bridgehead atoms. The molecule has 1 atom stereocenters. The van der Waals surface area contributed by atoms with E-state index in [-0.39, 0.29) is 34.7 Å². The Morgan fingerprint density at radius 1 is 0.902 bits per heavy atom. The van der Waals surface area contributed by atoms with Crippen LogP contribution in [-0.4, -0.2) is 58.5 Å². The maximum Gasteiger partial charge on any atom is 0.264 e. The fourth-order valence-corrected chi connectivity index (χ4v) is 5.57. The summed E-state index contributed by atoms with van der Waals surface area (Å²) in [5, 5.41) is 2.88. The summed E-state index contributed by atoms with van der Waals surface area (Å²) in [4.78, 5) is 28.6. The van der Waals surface area contributed by atoms with Gasteiger partial charge in [-0.25, -0.2) is 8.42 Å². The van der Waals surface area contributed by atoms with Crippen molar-refractivity contribution in [1.82, 2.24) is 10.2 Å². The fourth-order valence-electron chi connectivity index (χ4n) is 4.16. The van der Waals surface area contributed by atoms with Crippen LogP contribution in [0.15, 0.2) is 77.7 Å². The second-order valence-electron chi connectivity index (χ2n) is 10.2. The van der Waals surface area contributed by atoms with Crippen LogP contribution in [0.5, 0.6) is 11.5 Å². The molecule has 0 radical (unpaired) electrons. The Hall–Kier alpha value is -4.05. The Morgan fingerprint density at radius 2 is 1.56 bits per heavy atom.